The van der Waals surface area contributed by atoms with Crippen LogP contribution in [-0.4, -0.2) is 12.7 Å². The van der Waals surface area contributed by atoms with Crippen LogP contribution in [0.25, 0.3) is 11.1 Å². The van der Waals surface area contributed by atoms with E-state index in [0.717, 1.165) is 17.7 Å². The molecule has 0 bridgehead atoms. The zero-order valence-electron chi connectivity index (χ0n) is 17.6. The summed E-state index contributed by atoms with van der Waals surface area (Å²) in [5.41, 5.74) is 0.0797. The number of halogens is 4. The van der Waals surface area contributed by atoms with Crippen LogP contribution in [0.5, 0.6) is 11.5 Å². The van der Waals surface area contributed by atoms with Crippen LogP contribution in [0.4, 0.5) is 23.2 Å². The van der Waals surface area contributed by atoms with Crippen LogP contribution in [0.3, 0.4) is 0 Å². The van der Waals surface area contributed by atoms with Gasteiger partial charge in [-0.25, -0.2) is 4.39 Å². The van der Waals surface area contributed by atoms with Gasteiger partial charge in [0.15, 0.2) is 11.5 Å². The quantitative estimate of drug-likeness (QED) is 0.474. The van der Waals surface area contributed by atoms with E-state index in [1.165, 1.54) is 6.07 Å². The Kier molecular flexibility index (Phi) is 4.84. The van der Waals surface area contributed by atoms with Crippen molar-refractivity contribution < 1.29 is 31.8 Å². The predicted octanol–water partition coefficient (Wildman–Crippen LogP) is 6.22. The molecular weight excluding hydrogens is 438 g/mol. The van der Waals surface area contributed by atoms with Crippen LogP contribution in [-0.2, 0) is 16.4 Å². The minimum Gasteiger partial charge on any atom is -0.454 e. The van der Waals surface area contributed by atoms with Crippen molar-refractivity contribution in [2.24, 2.45) is 0 Å². The van der Waals surface area contributed by atoms with E-state index in [1.807, 2.05) is 6.07 Å². The average Bonchev–Trinajstić information content (AvgIpc) is 3.45. The van der Waals surface area contributed by atoms with Crippen molar-refractivity contribution in [3.63, 3.8) is 0 Å². The van der Waals surface area contributed by atoms with Gasteiger partial charge < -0.3 is 14.8 Å². The highest BCUT2D eigenvalue weighted by molar-refractivity contribution is 6.02. The SMILES string of the molecule is Cc1ccc(NC(=O)C2(c3ccc4c(c3)OCO4)CC2)cc1-c1ccc(F)cc1C(F)(F)F. The predicted molar refractivity (Wildman–Crippen MR) is 114 cm³/mol. The normalized spacial score (nSPS) is 15.9. The average molecular weight is 457 g/mol. The molecule has 8 heteroatoms. The molecule has 4 nitrogen and oxygen atoms in total. The van der Waals surface area contributed by atoms with Crippen molar-refractivity contribution in [2.45, 2.75) is 31.4 Å². The van der Waals surface area contributed by atoms with Gasteiger partial charge in [-0.3, -0.25) is 4.79 Å². The lowest BCUT2D eigenvalue weighted by atomic mass is 9.93. The molecule has 170 valence electrons. The molecule has 33 heavy (non-hydrogen) atoms. The van der Waals surface area contributed by atoms with Crippen molar-refractivity contribution in [1.82, 2.24) is 0 Å². The Morgan fingerprint density at radius 1 is 0.939 bits per heavy atom. The second kappa shape index (κ2) is 7.50. The Labute approximate surface area is 187 Å². The third-order valence-corrected chi connectivity index (χ3v) is 6.18. The van der Waals surface area contributed by atoms with E-state index in [9.17, 15) is 22.4 Å². The summed E-state index contributed by atoms with van der Waals surface area (Å²) in [5, 5.41) is 2.85. The number of amides is 1. The zero-order valence-corrected chi connectivity index (χ0v) is 17.6. The monoisotopic (exact) mass is 457 g/mol. The van der Waals surface area contributed by atoms with Gasteiger partial charge in [-0.1, -0.05) is 18.2 Å². The van der Waals surface area contributed by atoms with Crippen LogP contribution in [0.15, 0.2) is 54.6 Å². The number of carbonyl (C=O) groups excluding carboxylic acids is 1. The topological polar surface area (TPSA) is 47.6 Å². The Morgan fingerprint density at radius 3 is 2.42 bits per heavy atom. The van der Waals surface area contributed by atoms with Crippen LogP contribution in [0, 0.1) is 12.7 Å². The van der Waals surface area contributed by atoms with E-state index in [1.54, 1.807) is 31.2 Å². The maximum absolute atomic E-state index is 13.6. The Morgan fingerprint density at radius 2 is 1.70 bits per heavy atom. The van der Waals surface area contributed by atoms with Gasteiger partial charge in [-0.05, 0) is 78.4 Å². The number of anilines is 1. The van der Waals surface area contributed by atoms with Gasteiger partial charge in [0.1, 0.15) is 5.82 Å². The van der Waals surface area contributed by atoms with Crippen LogP contribution in [0.2, 0.25) is 0 Å². The fourth-order valence-corrected chi connectivity index (χ4v) is 4.19. The number of fused-ring (bicyclic) bond motifs is 1. The number of ether oxygens (including phenoxy) is 2. The molecule has 1 N–H and O–H groups in total. The molecule has 1 aliphatic heterocycles. The van der Waals surface area contributed by atoms with Gasteiger partial charge in [0.25, 0.3) is 0 Å². The summed E-state index contributed by atoms with van der Waals surface area (Å²) in [6, 6.07) is 12.7. The second-order valence-electron chi connectivity index (χ2n) is 8.32. The second-order valence-corrected chi connectivity index (χ2v) is 8.32. The molecule has 1 amide bonds. The van der Waals surface area contributed by atoms with E-state index in [-0.39, 0.29) is 23.8 Å². The highest BCUT2D eigenvalue weighted by atomic mass is 19.4. The highest BCUT2D eigenvalue weighted by Gasteiger charge is 2.51. The third kappa shape index (κ3) is 3.79. The molecule has 2 aliphatic rings. The molecule has 1 heterocycles. The van der Waals surface area contributed by atoms with Gasteiger partial charge in [0, 0.05) is 5.69 Å². The van der Waals surface area contributed by atoms with Gasteiger partial charge in [-0.2, -0.15) is 13.2 Å². The standard InChI is InChI=1S/C25H19F4NO3/c1-14-2-5-17(12-19(14)18-6-4-16(26)11-20(18)25(27,28)29)30-23(31)24(8-9-24)15-3-7-21-22(10-15)33-13-32-21/h2-7,10-12H,8-9,13H2,1H3,(H,30,31). The largest absolute Gasteiger partial charge is 0.454 e. The molecule has 0 aromatic heterocycles. The summed E-state index contributed by atoms with van der Waals surface area (Å²) in [6.45, 7) is 1.80. The maximum atomic E-state index is 13.6. The maximum Gasteiger partial charge on any atom is 0.417 e. The molecule has 1 saturated carbocycles. The number of rotatable bonds is 4. The minimum absolute atomic E-state index is 0.132. The van der Waals surface area contributed by atoms with Gasteiger partial charge in [0.2, 0.25) is 12.7 Å². The van der Waals surface area contributed by atoms with Crippen molar-refractivity contribution in [3.8, 4) is 22.6 Å². The van der Waals surface area contributed by atoms with E-state index in [0.29, 0.717) is 41.7 Å². The van der Waals surface area contributed by atoms with E-state index < -0.39 is 23.0 Å². The van der Waals surface area contributed by atoms with E-state index in [2.05, 4.69) is 5.32 Å². The first-order valence-electron chi connectivity index (χ1n) is 10.4. The number of aryl methyl sites for hydroxylation is 1. The zero-order chi connectivity index (χ0) is 23.4. The third-order valence-electron chi connectivity index (χ3n) is 6.18. The van der Waals surface area contributed by atoms with Crippen molar-refractivity contribution in [2.75, 3.05) is 12.1 Å². The lowest BCUT2D eigenvalue weighted by molar-refractivity contribution is -0.137. The first kappa shape index (κ1) is 21.3. The summed E-state index contributed by atoms with van der Waals surface area (Å²) >= 11 is 0. The number of hydrogen-bond donors (Lipinski definition) is 1. The van der Waals surface area contributed by atoms with Crippen LogP contribution < -0.4 is 14.8 Å². The summed E-state index contributed by atoms with van der Waals surface area (Å²) in [6.07, 6.45) is -3.43. The van der Waals surface area contributed by atoms with E-state index >= 15 is 0 Å². The fraction of sp³-hybridized carbons (Fsp3) is 0.240. The fourth-order valence-electron chi connectivity index (χ4n) is 4.19. The minimum atomic E-state index is -4.72. The molecule has 5 rings (SSSR count). The molecule has 0 atom stereocenters. The van der Waals surface area contributed by atoms with Crippen molar-refractivity contribution in [1.29, 1.82) is 0 Å². The molecule has 0 saturated heterocycles. The molecule has 3 aromatic carbocycles. The Bertz CT molecular complexity index is 1260. The molecule has 3 aromatic rings. The smallest absolute Gasteiger partial charge is 0.417 e. The first-order valence-corrected chi connectivity index (χ1v) is 10.4. The van der Waals surface area contributed by atoms with Crippen molar-refractivity contribution >= 4 is 11.6 Å². The Hall–Kier alpha value is -3.55. The van der Waals surface area contributed by atoms with Crippen molar-refractivity contribution in [3.05, 3.63) is 77.1 Å². The molecule has 1 fully saturated rings. The number of hydrogen-bond acceptors (Lipinski definition) is 3. The highest BCUT2D eigenvalue weighted by Crippen LogP contribution is 2.51. The van der Waals surface area contributed by atoms with Crippen LogP contribution in [0.1, 0.15) is 29.5 Å². The van der Waals surface area contributed by atoms with Gasteiger partial charge in [0.05, 0.1) is 11.0 Å². The number of alkyl halides is 3. The number of benzene rings is 3. The lowest BCUT2D eigenvalue weighted by Crippen LogP contribution is -2.27. The molecule has 0 spiro atoms. The molecular formula is C25H19F4NO3. The summed E-state index contributed by atoms with van der Waals surface area (Å²) in [5.74, 6) is -0.00278. The molecule has 0 radical (unpaired) electrons. The summed E-state index contributed by atoms with van der Waals surface area (Å²) < 4.78 is 64.9. The number of carbonyl (C=O) groups is 1. The summed E-state index contributed by atoms with van der Waals surface area (Å²) in [4.78, 5) is 13.2. The van der Waals surface area contributed by atoms with Crippen LogP contribution >= 0.6 is 0 Å². The lowest BCUT2D eigenvalue weighted by Gasteiger charge is -2.18. The molecule has 1 aliphatic carbocycles. The molecule has 0 unspecified atom stereocenters. The summed E-state index contributed by atoms with van der Waals surface area (Å²) in [7, 11) is 0. The van der Waals surface area contributed by atoms with Gasteiger partial charge >= 0.3 is 6.18 Å². The Balaban J connectivity index is 1.46. The van der Waals surface area contributed by atoms with Gasteiger partial charge in [-0.15, -0.1) is 0 Å². The first-order chi connectivity index (χ1) is 15.7. The number of nitrogens with one attached hydrogen (secondary N) is 1. The van der Waals surface area contributed by atoms with E-state index in [4.69, 9.17) is 9.47 Å².